The Labute approximate surface area is 31.4 Å². The molecule has 0 aromatic heterocycles. The van der Waals surface area contributed by atoms with E-state index in [2.05, 4.69) is 6.42 Å². The molecule has 0 unspecified atom stereocenters. The van der Waals surface area contributed by atoms with E-state index in [-0.39, 0.29) is 12.8 Å². The highest BCUT2D eigenvalue weighted by Crippen LogP contribution is 1.34. The summed E-state index contributed by atoms with van der Waals surface area (Å²) >= 11 is 0. The molecular weight excluding hydrogens is 66.0 g/mol. The second-order valence-corrected chi connectivity index (χ2v) is 0.362. The highest BCUT2D eigenvalue weighted by atomic mass is 16.2. The minimum absolute atomic E-state index is 0. The highest BCUT2D eigenvalue weighted by molar-refractivity contribution is 4.81. The van der Waals surface area contributed by atoms with Gasteiger partial charge in [0.2, 0.25) is 0 Å². The van der Waals surface area contributed by atoms with Crippen molar-refractivity contribution in [2.45, 2.75) is 0 Å². The van der Waals surface area contributed by atoms with Gasteiger partial charge in [-0.2, -0.15) is 0 Å². The number of hydrogen-bond donors (Lipinski definition) is 2. The number of aliphatic hydroxyl groups excluding tert-OH is 1. The molecule has 0 saturated carbocycles. The van der Waals surface area contributed by atoms with Gasteiger partial charge in [-0.15, -0.1) is 6.42 Å². The molecule has 0 aromatic carbocycles. The summed E-state index contributed by atoms with van der Waals surface area (Å²) in [5.41, 5.74) is 0. The fourth-order valence-corrected chi connectivity index (χ4v) is 0. The SMILES string of the molecule is C#CCO.N. The lowest BCUT2D eigenvalue weighted by atomic mass is 10.8. The molecule has 0 atom stereocenters. The largest absolute Gasteiger partial charge is 0.384 e. The first-order valence-corrected chi connectivity index (χ1v) is 0.958. The summed E-state index contributed by atoms with van der Waals surface area (Å²) in [5, 5.41) is 7.64. The third kappa shape index (κ3) is 33.1. The summed E-state index contributed by atoms with van der Waals surface area (Å²) < 4.78 is 0. The third-order valence-corrected chi connectivity index (χ3v) is 0.0913. The van der Waals surface area contributed by atoms with E-state index in [4.69, 9.17) is 5.11 Å². The Hall–Kier alpha value is -0.520. The highest BCUT2D eigenvalue weighted by Gasteiger charge is 1.43. The van der Waals surface area contributed by atoms with Crippen LogP contribution in [0.2, 0.25) is 0 Å². The molecule has 0 aliphatic rings. The summed E-state index contributed by atoms with van der Waals surface area (Å²) in [6.07, 6.45) is 4.53. The molecule has 2 heteroatoms. The van der Waals surface area contributed by atoms with Crippen molar-refractivity contribution >= 4 is 0 Å². The van der Waals surface area contributed by atoms with Crippen LogP contribution in [0.1, 0.15) is 0 Å². The van der Waals surface area contributed by atoms with Gasteiger partial charge in [0.1, 0.15) is 6.61 Å². The van der Waals surface area contributed by atoms with Gasteiger partial charge >= 0.3 is 0 Å². The van der Waals surface area contributed by atoms with Gasteiger partial charge in [-0.1, -0.05) is 5.92 Å². The molecule has 30 valence electrons. The first-order valence-electron chi connectivity index (χ1n) is 0.958. The zero-order valence-corrected chi connectivity index (χ0v) is 2.94. The van der Waals surface area contributed by atoms with Crippen molar-refractivity contribution in [1.82, 2.24) is 6.15 Å². The standard InChI is InChI=1S/C3H4O.H3N/c1-2-3-4;/h1,4H,3H2;1H3. The predicted octanol–water partition coefficient (Wildman–Crippen LogP) is -0.226. The molecule has 0 amide bonds. The van der Waals surface area contributed by atoms with Crippen molar-refractivity contribution in [3.63, 3.8) is 0 Å². The summed E-state index contributed by atoms with van der Waals surface area (Å²) in [4.78, 5) is 0. The maximum atomic E-state index is 7.64. The van der Waals surface area contributed by atoms with Gasteiger partial charge in [0, 0.05) is 0 Å². The van der Waals surface area contributed by atoms with Gasteiger partial charge in [-0.05, 0) is 0 Å². The van der Waals surface area contributed by atoms with Crippen LogP contribution in [0.3, 0.4) is 0 Å². The smallest absolute Gasteiger partial charge is 0.103 e. The summed E-state index contributed by atoms with van der Waals surface area (Å²) in [7, 11) is 0. The first-order chi connectivity index (χ1) is 1.91. The Morgan fingerprint density at radius 2 is 2.00 bits per heavy atom. The number of hydrogen-bond acceptors (Lipinski definition) is 2. The predicted molar refractivity (Wildman–Crippen MR) is 20.9 cm³/mol. The Morgan fingerprint density at radius 3 is 2.00 bits per heavy atom. The minimum Gasteiger partial charge on any atom is -0.384 e. The van der Waals surface area contributed by atoms with Crippen LogP contribution in [0, 0.1) is 12.3 Å². The first kappa shape index (κ1) is 8.82. The number of terminal acetylenes is 1. The van der Waals surface area contributed by atoms with E-state index >= 15 is 0 Å². The van der Waals surface area contributed by atoms with Gasteiger partial charge in [0.15, 0.2) is 0 Å². The minimum atomic E-state index is -0.153. The van der Waals surface area contributed by atoms with Gasteiger partial charge in [0.05, 0.1) is 0 Å². The quantitative estimate of drug-likeness (QED) is 0.389. The van der Waals surface area contributed by atoms with E-state index < -0.39 is 0 Å². The van der Waals surface area contributed by atoms with Gasteiger partial charge in [0.25, 0.3) is 0 Å². The van der Waals surface area contributed by atoms with Crippen LogP contribution in [0.4, 0.5) is 0 Å². The van der Waals surface area contributed by atoms with Crippen LogP contribution >= 0.6 is 0 Å². The van der Waals surface area contributed by atoms with E-state index in [0.29, 0.717) is 0 Å². The molecule has 5 heavy (non-hydrogen) atoms. The Morgan fingerprint density at radius 1 is 1.80 bits per heavy atom. The molecule has 0 rings (SSSR count). The van der Waals surface area contributed by atoms with Crippen molar-refractivity contribution < 1.29 is 5.11 Å². The van der Waals surface area contributed by atoms with Crippen LogP contribution < -0.4 is 6.15 Å². The van der Waals surface area contributed by atoms with Gasteiger partial charge in [-0.3, -0.25) is 0 Å². The summed E-state index contributed by atoms with van der Waals surface area (Å²) in [6, 6.07) is 0. The lowest BCUT2D eigenvalue weighted by Crippen LogP contribution is -1.64. The van der Waals surface area contributed by atoms with E-state index in [0.717, 1.165) is 0 Å². The average molecular weight is 73.1 g/mol. The number of aliphatic hydroxyl groups is 1. The molecule has 0 fully saturated rings. The topological polar surface area (TPSA) is 55.2 Å². The van der Waals surface area contributed by atoms with Crippen molar-refractivity contribution in [3.05, 3.63) is 0 Å². The van der Waals surface area contributed by atoms with E-state index in [9.17, 15) is 0 Å². The number of rotatable bonds is 0. The average Bonchev–Trinajstić information content (AvgIpc) is 1.37. The van der Waals surface area contributed by atoms with Crippen molar-refractivity contribution in [2.75, 3.05) is 6.61 Å². The maximum absolute atomic E-state index is 7.64. The molecule has 0 aromatic rings. The maximum Gasteiger partial charge on any atom is 0.103 e. The Kier molecular flexibility index (Phi) is 17.2. The summed E-state index contributed by atoms with van der Waals surface area (Å²) in [5.74, 6) is 1.99. The van der Waals surface area contributed by atoms with Crippen molar-refractivity contribution in [1.29, 1.82) is 0 Å². The fraction of sp³-hybridized carbons (Fsp3) is 0.333. The van der Waals surface area contributed by atoms with Gasteiger partial charge < -0.3 is 11.3 Å². The molecule has 0 spiro atoms. The molecule has 0 radical (unpaired) electrons. The van der Waals surface area contributed by atoms with Crippen LogP contribution in [0.25, 0.3) is 0 Å². The fourth-order valence-electron chi connectivity index (χ4n) is 0. The van der Waals surface area contributed by atoms with Crippen molar-refractivity contribution in [2.24, 2.45) is 0 Å². The molecule has 2 nitrogen and oxygen atoms in total. The Bertz CT molecular complexity index is 36.6. The van der Waals surface area contributed by atoms with E-state index in [1.165, 1.54) is 0 Å². The van der Waals surface area contributed by atoms with Crippen molar-refractivity contribution in [3.8, 4) is 12.3 Å². The molecule has 0 saturated heterocycles. The molecule has 0 bridgehead atoms. The molecule has 0 aliphatic carbocycles. The zero-order valence-electron chi connectivity index (χ0n) is 2.94. The third-order valence-electron chi connectivity index (χ3n) is 0.0913. The van der Waals surface area contributed by atoms with E-state index in [1.54, 1.807) is 0 Å². The molecule has 0 heterocycles. The summed E-state index contributed by atoms with van der Waals surface area (Å²) in [6.45, 7) is -0.153. The molecular formula is C3H7NO. The van der Waals surface area contributed by atoms with E-state index in [1.807, 2.05) is 5.92 Å². The zero-order chi connectivity index (χ0) is 3.41. The van der Waals surface area contributed by atoms with Crippen LogP contribution in [-0.2, 0) is 0 Å². The second-order valence-electron chi connectivity index (χ2n) is 0.362. The second kappa shape index (κ2) is 9.77. The lowest BCUT2D eigenvalue weighted by Gasteiger charge is -1.55. The molecule has 0 aliphatic heterocycles. The Balaban J connectivity index is 0. The lowest BCUT2D eigenvalue weighted by molar-refractivity contribution is 0.351. The van der Waals surface area contributed by atoms with Crippen LogP contribution in [0.15, 0.2) is 0 Å². The monoisotopic (exact) mass is 73.1 g/mol. The van der Waals surface area contributed by atoms with Gasteiger partial charge in [-0.25, -0.2) is 0 Å². The van der Waals surface area contributed by atoms with Crippen LogP contribution in [-0.4, -0.2) is 11.7 Å². The normalized spacial score (nSPS) is 4.00. The molecule has 4 N–H and O–H groups in total. The van der Waals surface area contributed by atoms with Crippen LogP contribution in [0.5, 0.6) is 0 Å².